The zero-order chi connectivity index (χ0) is 21.2. The first-order valence-electron chi connectivity index (χ1n) is 10.6. The van der Waals surface area contributed by atoms with E-state index in [2.05, 4.69) is 25.3 Å². The highest BCUT2D eigenvalue weighted by atomic mass is 35.5. The molecule has 0 atom stereocenters. The van der Waals surface area contributed by atoms with Crippen LogP contribution in [0.3, 0.4) is 0 Å². The standard InChI is InChI=1S/C24H31Cl2N3/c1-6-11-24(7-2)12-14-29(15-13-24)23-21(16(3)4)28-22(17(5)27-23)18-9-8-10-19(25)20(18)26/h8-10H,3,6-7,11-15H2,1-2,4-5H3. The molecule has 3 rings (SSSR count). The van der Waals surface area contributed by atoms with Crippen molar-refractivity contribution in [2.24, 2.45) is 5.41 Å². The highest BCUT2D eigenvalue weighted by Gasteiger charge is 2.33. The molecule has 3 nitrogen and oxygen atoms in total. The molecule has 1 fully saturated rings. The summed E-state index contributed by atoms with van der Waals surface area (Å²) >= 11 is 12.7. The summed E-state index contributed by atoms with van der Waals surface area (Å²) in [6, 6.07) is 5.62. The largest absolute Gasteiger partial charge is 0.355 e. The Balaban J connectivity index is 1.98. The van der Waals surface area contributed by atoms with E-state index < -0.39 is 0 Å². The fourth-order valence-corrected chi connectivity index (χ4v) is 4.85. The van der Waals surface area contributed by atoms with Gasteiger partial charge in [0.1, 0.15) is 5.69 Å². The first-order chi connectivity index (χ1) is 13.8. The number of piperidine rings is 1. The van der Waals surface area contributed by atoms with E-state index in [1.54, 1.807) is 6.07 Å². The molecular formula is C24H31Cl2N3. The molecular weight excluding hydrogens is 401 g/mol. The molecule has 0 amide bonds. The van der Waals surface area contributed by atoms with Gasteiger partial charge in [-0.05, 0) is 50.2 Å². The van der Waals surface area contributed by atoms with Crippen LogP contribution >= 0.6 is 23.2 Å². The van der Waals surface area contributed by atoms with Gasteiger partial charge in [0, 0.05) is 18.7 Å². The summed E-state index contributed by atoms with van der Waals surface area (Å²) in [7, 11) is 0. The zero-order valence-electron chi connectivity index (χ0n) is 18.0. The summed E-state index contributed by atoms with van der Waals surface area (Å²) in [6.07, 6.45) is 6.21. The van der Waals surface area contributed by atoms with Gasteiger partial charge in [-0.25, -0.2) is 9.97 Å². The lowest BCUT2D eigenvalue weighted by atomic mass is 9.73. The van der Waals surface area contributed by atoms with Gasteiger partial charge in [0.2, 0.25) is 0 Å². The Bertz CT molecular complexity index is 899. The SMILES string of the molecule is C=C(C)c1nc(-c2cccc(Cl)c2Cl)c(C)nc1N1CCC(CC)(CCC)CC1. The molecule has 1 saturated heterocycles. The Kier molecular flexibility index (Phi) is 6.90. The minimum absolute atomic E-state index is 0.478. The number of aromatic nitrogens is 2. The predicted molar refractivity (Wildman–Crippen MR) is 126 cm³/mol. The van der Waals surface area contributed by atoms with Gasteiger partial charge in [0.15, 0.2) is 5.82 Å². The van der Waals surface area contributed by atoms with Gasteiger partial charge in [-0.1, -0.05) is 68.6 Å². The minimum Gasteiger partial charge on any atom is -0.355 e. The van der Waals surface area contributed by atoms with Crippen LogP contribution in [0.25, 0.3) is 16.8 Å². The van der Waals surface area contributed by atoms with Gasteiger partial charge in [0.05, 0.1) is 21.4 Å². The van der Waals surface area contributed by atoms with Crippen LogP contribution in [0.2, 0.25) is 10.0 Å². The molecule has 0 bridgehead atoms. The van der Waals surface area contributed by atoms with E-state index >= 15 is 0 Å². The molecule has 1 aliphatic rings. The fraction of sp³-hybridized carbons (Fsp3) is 0.500. The number of hydrogen-bond acceptors (Lipinski definition) is 3. The van der Waals surface area contributed by atoms with Crippen LogP contribution in [-0.4, -0.2) is 23.1 Å². The molecule has 29 heavy (non-hydrogen) atoms. The van der Waals surface area contributed by atoms with Crippen molar-refractivity contribution in [3.05, 3.63) is 46.2 Å². The van der Waals surface area contributed by atoms with Crippen molar-refractivity contribution in [1.29, 1.82) is 0 Å². The number of rotatable bonds is 6. The van der Waals surface area contributed by atoms with Gasteiger partial charge in [-0.15, -0.1) is 0 Å². The van der Waals surface area contributed by atoms with E-state index in [9.17, 15) is 0 Å². The predicted octanol–water partition coefficient (Wildman–Crippen LogP) is 7.59. The monoisotopic (exact) mass is 431 g/mol. The molecule has 5 heteroatoms. The quantitative estimate of drug-likeness (QED) is 0.471. The molecule has 1 aromatic heterocycles. The molecule has 2 heterocycles. The maximum Gasteiger partial charge on any atom is 0.155 e. The lowest BCUT2D eigenvalue weighted by Gasteiger charge is -2.42. The molecule has 0 aliphatic carbocycles. The van der Waals surface area contributed by atoms with Crippen molar-refractivity contribution in [1.82, 2.24) is 9.97 Å². The maximum atomic E-state index is 6.46. The number of hydrogen-bond donors (Lipinski definition) is 0. The molecule has 156 valence electrons. The minimum atomic E-state index is 0.478. The van der Waals surface area contributed by atoms with Crippen molar-refractivity contribution in [3.8, 4) is 11.3 Å². The molecule has 1 aromatic carbocycles. The second kappa shape index (κ2) is 9.06. The molecule has 0 spiro atoms. The number of benzene rings is 1. The van der Waals surface area contributed by atoms with E-state index in [-0.39, 0.29) is 0 Å². The van der Waals surface area contributed by atoms with Gasteiger partial charge in [0.25, 0.3) is 0 Å². The van der Waals surface area contributed by atoms with E-state index in [1.807, 2.05) is 26.0 Å². The normalized spacial score (nSPS) is 16.1. The molecule has 0 radical (unpaired) electrons. The van der Waals surface area contributed by atoms with Crippen molar-refractivity contribution < 1.29 is 0 Å². The fourth-order valence-electron chi connectivity index (χ4n) is 4.46. The number of aryl methyl sites for hydroxylation is 1. The topological polar surface area (TPSA) is 29.0 Å². The summed E-state index contributed by atoms with van der Waals surface area (Å²) in [6.45, 7) is 14.8. The van der Waals surface area contributed by atoms with Crippen LogP contribution in [0.5, 0.6) is 0 Å². The van der Waals surface area contributed by atoms with Gasteiger partial charge < -0.3 is 4.90 Å². The van der Waals surface area contributed by atoms with Gasteiger partial charge in [-0.3, -0.25) is 0 Å². The van der Waals surface area contributed by atoms with Crippen LogP contribution in [0.15, 0.2) is 24.8 Å². The average Bonchev–Trinajstić information content (AvgIpc) is 2.71. The highest BCUT2D eigenvalue weighted by molar-refractivity contribution is 6.43. The van der Waals surface area contributed by atoms with E-state index in [0.29, 0.717) is 15.5 Å². The smallest absolute Gasteiger partial charge is 0.155 e. The first kappa shape index (κ1) is 22.1. The number of anilines is 1. The van der Waals surface area contributed by atoms with E-state index in [1.165, 1.54) is 32.1 Å². The molecule has 0 unspecified atom stereocenters. The Morgan fingerprint density at radius 1 is 1.17 bits per heavy atom. The molecule has 0 N–H and O–H groups in total. The van der Waals surface area contributed by atoms with E-state index in [0.717, 1.165) is 47.1 Å². The Morgan fingerprint density at radius 3 is 2.45 bits per heavy atom. The van der Waals surface area contributed by atoms with Crippen molar-refractivity contribution in [3.63, 3.8) is 0 Å². The van der Waals surface area contributed by atoms with Crippen LogP contribution in [0.1, 0.15) is 64.3 Å². The first-order valence-corrected chi connectivity index (χ1v) is 11.3. The van der Waals surface area contributed by atoms with Crippen LogP contribution < -0.4 is 4.90 Å². The highest BCUT2D eigenvalue weighted by Crippen LogP contribution is 2.41. The van der Waals surface area contributed by atoms with Crippen molar-refractivity contribution in [2.45, 2.75) is 59.8 Å². The summed E-state index contributed by atoms with van der Waals surface area (Å²) in [5, 5.41) is 1.03. The molecule has 1 aliphatic heterocycles. The number of halogens is 2. The molecule has 2 aromatic rings. The van der Waals surface area contributed by atoms with Crippen LogP contribution in [0.4, 0.5) is 5.82 Å². The molecule has 0 saturated carbocycles. The Hall–Kier alpha value is -1.58. The summed E-state index contributed by atoms with van der Waals surface area (Å²) < 4.78 is 0. The lowest BCUT2D eigenvalue weighted by molar-refractivity contribution is 0.188. The number of allylic oxidation sites excluding steroid dienone is 1. The summed E-state index contributed by atoms with van der Waals surface area (Å²) in [4.78, 5) is 12.3. The summed E-state index contributed by atoms with van der Waals surface area (Å²) in [5.74, 6) is 0.943. The second-order valence-corrected chi connectivity index (χ2v) is 9.09. The third kappa shape index (κ3) is 4.46. The van der Waals surface area contributed by atoms with Crippen LogP contribution in [0, 0.1) is 12.3 Å². The van der Waals surface area contributed by atoms with Gasteiger partial charge in [-0.2, -0.15) is 0 Å². The van der Waals surface area contributed by atoms with Crippen molar-refractivity contribution in [2.75, 3.05) is 18.0 Å². The van der Waals surface area contributed by atoms with Crippen molar-refractivity contribution >= 4 is 34.6 Å². The van der Waals surface area contributed by atoms with Gasteiger partial charge >= 0.3 is 0 Å². The average molecular weight is 432 g/mol. The van der Waals surface area contributed by atoms with E-state index in [4.69, 9.17) is 33.2 Å². The number of nitrogens with zero attached hydrogens (tertiary/aromatic N) is 3. The lowest BCUT2D eigenvalue weighted by Crippen LogP contribution is -2.40. The third-order valence-corrected chi connectivity index (χ3v) is 7.14. The Morgan fingerprint density at radius 2 is 1.86 bits per heavy atom. The second-order valence-electron chi connectivity index (χ2n) is 8.30. The third-order valence-electron chi connectivity index (χ3n) is 6.32. The van der Waals surface area contributed by atoms with Crippen LogP contribution in [-0.2, 0) is 0 Å². The summed E-state index contributed by atoms with van der Waals surface area (Å²) in [5.41, 5.74) is 4.67. The Labute approximate surface area is 185 Å². The maximum absolute atomic E-state index is 6.46. The zero-order valence-corrected chi connectivity index (χ0v) is 19.5.